The third kappa shape index (κ3) is 4.05. The topological polar surface area (TPSA) is 86.3 Å². The van der Waals surface area contributed by atoms with Gasteiger partial charge in [-0.05, 0) is 38.0 Å². The van der Waals surface area contributed by atoms with Crippen LogP contribution in [-0.2, 0) is 11.2 Å². The second-order valence-corrected chi connectivity index (χ2v) is 7.79. The summed E-state index contributed by atoms with van der Waals surface area (Å²) >= 11 is 0. The Kier molecular flexibility index (Phi) is 5.45. The van der Waals surface area contributed by atoms with Crippen LogP contribution in [0.2, 0.25) is 0 Å². The van der Waals surface area contributed by atoms with Gasteiger partial charge in [0, 0.05) is 25.9 Å². The van der Waals surface area contributed by atoms with Crippen LogP contribution in [0.1, 0.15) is 56.3 Å². The SMILES string of the molecule is Cc1c(O)nc(CCN(C)C(=O)C2CCC3CCCCC3C2)[nH]c1=O. The van der Waals surface area contributed by atoms with Crippen LogP contribution in [0.5, 0.6) is 5.88 Å². The Hall–Kier alpha value is -1.85. The standard InChI is InChI=1S/C19H29N3O3/c1-12-17(23)20-16(21-18(12)24)9-10-22(2)19(25)15-8-7-13-5-3-4-6-14(13)11-15/h13-15H,3-11H2,1-2H3,(H2,20,21,23,24). The Morgan fingerprint density at radius 2 is 1.96 bits per heavy atom. The molecule has 6 nitrogen and oxygen atoms in total. The van der Waals surface area contributed by atoms with Crippen LogP contribution < -0.4 is 5.56 Å². The van der Waals surface area contributed by atoms with Crippen LogP contribution in [0.3, 0.4) is 0 Å². The van der Waals surface area contributed by atoms with Crippen LogP contribution in [-0.4, -0.2) is 39.5 Å². The molecule has 2 fully saturated rings. The molecule has 3 rings (SSSR count). The fourth-order valence-corrected chi connectivity index (χ4v) is 4.48. The minimum absolute atomic E-state index is 0.141. The number of amides is 1. The number of nitrogens with one attached hydrogen (secondary N) is 1. The lowest BCUT2D eigenvalue weighted by molar-refractivity contribution is -0.136. The maximum atomic E-state index is 12.8. The highest BCUT2D eigenvalue weighted by atomic mass is 16.3. The predicted molar refractivity (Wildman–Crippen MR) is 95.4 cm³/mol. The summed E-state index contributed by atoms with van der Waals surface area (Å²) in [5.74, 6) is 2.11. The lowest BCUT2D eigenvalue weighted by atomic mass is 9.67. The van der Waals surface area contributed by atoms with Crippen molar-refractivity contribution in [1.82, 2.24) is 14.9 Å². The summed E-state index contributed by atoms with van der Waals surface area (Å²) in [7, 11) is 1.82. The summed E-state index contributed by atoms with van der Waals surface area (Å²) < 4.78 is 0. The number of nitrogens with zero attached hydrogens (tertiary/aromatic N) is 2. The molecule has 0 radical (unpaired) electrons. The van der Waals surface area contributed by atoms with Crippen molar-refractivity contribution in [1.29, 1.82) is 0 Å². The van der Waals surface area contributed by atoms with E-state index in [0.29, 0.717) is 18.8 Å². The molecule has 0 saturated heterocycles. The first kappa shape index (κ1) is 18.0. The lowest BCUT2D eigenvalue weighted by Crippen LogP contribution is -2.39. The minimum Gasteiger partial charge on any atom is -0.493 e. The molecule has 2 N–H and O–H groups in total. The van der Waals surface area contributed by atoms with Gasteiger partial charge in [0.15, 0.2) is 0 Å². The minimum atomic E-state index is -0.327. The van der Waals surface area contributed by atoms with Crippen LogP contribution >= 0.6 is 0 Å². The number of hydrogen-bond acceptors (Lipinski definition) is 4. The quantitative estimate of drug-likeness (QED) is 0.875. The average Bonchev–Trinajstić information content (AvgIpc) is 2.63. The maximum Gasteiger partial charge on any atom is 0.257 e. The molecular formula is C19H29N3O3. The van der Waals surface area contributed by atoms with Crippen LogP contribution in [0.25, 0.3) is 0 Å². The summed E-state index contributed by atoms with van der Waals surface area (Å²) in [5, 5.41) is 9.66. The summed E-state index contributed by atoms with van der Waals surface area (Å²) in [5.41, 5.74) is -0.107. The Morgan fingerprint density at radius 1 is 1.24 bits per heavy atom. The van der Waals surface area contributed by atoms with Gasteiger partial charge in [-0.15, -0.1) is 0 Å². The number of aromatic hydroxyl groups is 1. The fourth-order valence-electron chi connectivity index (χ4n) is 4.48. The van der Waals surface area contributed by atoms with E-state index in [4.69, 9.17) is 0 Å². The Bertz CT molecular complexity index is 685. The summed E-state index contributed by atoms with van der Waals surface area (Å²) in [4.78, 5) is 32.9. The van der Waals surface area contributed by atoms with Crippen molar-refractivity contribution in [2.24, 2.45) is 17.8 Å². The van der Waals surface area contributed by atoms with E-state index in [1.54, 1.807) is 4.90 Å². The summed E-state index contributed by atoms with van der Waals surface area (Å²) in [6, 6.07) is 0. The molecule has 0 aliphatic heterocycles. The van der Waals surface area contributed by atoms with Crippen molar-refractivity contribution in [3.8, 4) is 5.88 Å². The lowest BCUT2D eigenvalue weighted by Gasteiger charge is -2.39. The van der Waals surface area contributed by atoms with Crippen LogP contribution in [0, 0.1) is 24.7 Å². The molecule has 1 amide bonds. The molecule has 2 saturated carbocycles. The second kappa shape index (κ2) is 7.58. The number of carbonyl (C=O) groups is 1. The zero-order chi connectivity index (χ0) is 18.0. The number of hydrogen-bond donors (Lipinski definition) is 2. The second-order valence-electron chi connectivity index (χ2n) is 7.79. The first-order chi connectivity index (χ1) is 12.0. The summed E-state index contributed by atoms with van der Waals surface area (Å²) in [6.45, 7) is 2.02. The molecular weight excluding hydrogens is 318 g/mol. The molecule has 25 heavy (non-hydrogen) atoms. The van der Waals surface area contributed by atoms with Gasteiger partial charge in [-0.3, -0.25) is 9.59 Å². The highest BCUT2D eigenvalue weighted by molar-refractivity contribution is 5.78. The van der Waals surface area contributed by atoms with Gasteiger partial charge in [0.1, 0.15) is 5.82 Å². The van der Waals surface area contributed by atoms with Gasteiger partial charge in [0.05, 0.1) is 5.56 Å². The number of fused-ring (bicyclic) bond motifs is 1. The van der Waals surface area contributed by atoms with E-state index >= 15 is 0 Å². The van der Waals surface area contributed by atoms with E-state index in [2.05, 4.69) is 9.97 Å². The van der Waals surface area contributed by atoms with Gasteiger partial charge in [-0.2, -0.15) is 0 Å². The van der Waals surface area contributed by atoms with Gasteiger partial charge in [-0.25, -0.2) is 4.98 Å². The molecule has 1 heterocycles. The van der Waals surface area contributed by atoms with E-state index in [9.17, 15) is 14.7 Å². The van der Waals surface area contributed by atoms with Crippen molar-refractivity contribution < 1.29 is 9.90 Å². The first-order valence-electron chi connectivity index (χ1n) is 9.49. The molecule has 2 aliphatic rings. The number of H-pyrrole nitrogens is 1. The molecule has 3 atom stereocenters. The third-order valence-electron chi connectivity index (χ3n) is 6.12. The van der Waals surface area contributed by atoms with E-state index in [-0.39, 0.29) is 28.8 Å². The molecule has 6 heteroatoms. The predicted octanol–water partition coefficient (Wildman–Crippen LogP) is 2.39. The number of rotatable bonds is 4. The largest absolute Gasteiger partial charge is 0.493 e. The van der Waals surface area contributed by atoms with Gasteiger partial charge >= 0.3 is 0 Å². The van der Waals surface area contributed by atoms with Crippen molar-refractivity contribution in [3.05, 3.63) is 21.7 Å². The molecule has 0 bridgehead atoms. The smallest absolute Gasteiger partial charge is 0.257 e. The van der Waals surface area contributed by atoms with Crippen molar-refractivity contribution in [2.75, 3.05) is 13.6 Å². The zero-order valence-electron chi connectivity index (χ0n) is 15.3. The van der Waals surface area contributed by atoms with Crippen LogP contribution in [0.4, 0.5) is 0 Å². The van der Waals surface area contributed by atoms with Crippen LogP contribution in [0.15, 0.2) is 4.79 Å². The number of likely N-dealkylation sites (N-methyl/N-ethyl adjacent to an activating group) is 1. The van der Waals surface area contributed by atoms with E-state index < -0.39 is 0 Å². The maximum absolute atomic E-state index is 12.8. The Balaban J connectivity index is 1.55. The van der Waals surface area contributed by atoms with Crippen molar-refractivity contribution >= 4 is 5.91 Å². The van der Waals surface area contributed by atoms with Gasteiger partial charge in [0.2, 0.25) is 11.8 Å². The number of aromatic nitrogens is 2. The van der Waals surface area contributed by atoms with Crippen molar-refractivity contribution in [2.45, 2.75) is 58.3 Å². The molecule has 3 unspecified atom stereocenters. The molecule has 0 aromatic carbocycles. The molecule has 0 spiro atoms. The normalized spacial score (nSPS) is 26.1. The highest BCUT2D eigenvalue weighted by Crippen LogP contribution is 2.43. The van der Waals surface area contributed by atoms with Gasteiger partial charge in [0.25, 0.3) is 5.56 Å². The molecule has 2 aliphatic carbocycles. The van der Waals surface area contributed by atoms with E-state index in [1.165, 1.54) is 39.0 Å². The zero-order valence-corrected chi connectivity index (χ0v) is 15.3. The monoisotopic (exact) mass is 347 g/mol. The number of carbonyl (C=O) groups excluding carboxylic acids is 1. The first-order valence-corrected chi connectivity index (χ1v) is 9.49. The Labute approximate surface area is 148 Å². The summed E-state index contributed by atoms with van der Waals surface area (Å²) in [6.07, 6.45) is 8.96. The van der Waals surface area contributed by atoms with Crippen molar-refractivity contribution in [3.63, 3.8) is 0 Å². The molecule has 138 valence electrons. The van der Waals surface area contributed by atoms with Gasteiger partial charge < -0.3 is 15.0 Å². The van der Waals surface area contributed by atoms with E-state index in [1.807, 2.05) is 7.05 Å². The Morgan fingerprint density at radius 3 is 2.68 bits per heavy atom. The number of aromatic amines is 1. The molecule has 1 aromatic rings. The average molecular weight is 347 g/mol. The third-order valence-corrected chi connectivity index (χ3v) is 6.12. The highest BCUT2D eigenvalue weighted by Gasteiger charge is 2.35. The van der Waals surface area contributed by atoms with E-state index in [0.717, 1.165) is 24.7 Å². The fraction of sp³-hybridized carbons (Fsp3) is 0.737. The van der Waals surface area contributed by atoms with Gasteiger partial charge in [-0.1, -0.05) is 25.7 Å². The molecule has 1 aromatic heterocycles.